The molecule has 1 atom stereocenters. The Morgan fingerprint density at radius 2 is 2.09 bits per heavy atom. The van der Waals surface area contributed by atoms with Gasteiger partial charge in [-0.25, -0.2) is 4.99 Å². The zero-order chi connectivity index (χ0) is 16.6. The lowest BCUT2D eigenvalue weighted by Crippen LogP contribution is -2.53. The third-order valence-electron chi connectivity index (χ3n) is 4.00. The standard InChI is InChI=1S/C16H18N4O2S/c1-4-20-14-13(10(2)18-20)17-16(23)19(15(14)21)9-11-7-5-6-8-12(11)22-3/h5-8,14H,4,9H2,1-3H3. The van der Waals surface area contributed by atoms with E-state index < -0.39 is 6.04 Å². The lowest BCUT2D eigenvalue weighted by atomic mass is 10.1. The van der Waals surface area contributed by atoms with Crippen LogP contribution in [0, 0.1) is 0 Å². The van der Waals surface area contributed by atoms with Crippen molar-refractivity contribution in [3.8, 4) is 5.75 Å². The van der Waals surface area contributed by atoms with E-state index in [4.69, 9.17) is 17.0 Å². The van der Waals surface area contributed by atoms with Gasteiger partial charge >= 0.3 is 0 Å². The quantitative estimate of drug-likeness (QED) is 0.791. The van der Waals surface area contributed by atoms with Crippen LogP contribution in [0.2, 0.25) is 0 Å². The van der Waals surface area contributed by atoms with E-state index in [-0.39, 0.29) is 11.0 Å². The number of likely N-dealkylation sites (N-methyl/N-ethyl adjacent to an activating group) is 1. The molecule has 0 aromatic heterocycles. The number of hydrogen-bond donors (Lipinski definition) is 0. The minimum absolute atomic E-state index is 0.0895. The lowest BCUT2D eigenvalue weighted by Gasteiger charge is -2.32. The molecule has 1 amide bonds. The molecular formula is C16H18N4O2S. The molecule has 0 saturated carbocycles. The number of methoxy groups -OCH3 is 1. The van der Waals surface area contributed by atoms with E-state index in [1.165, 1.54) is 4.90 Å². The zero-order valence-electron chi connectivity index (χ0n) is 13.3. The molecule has 2 heterocycles. The molecule has 2 aliphatic rings. The van der Waals surface area contributed by atoms with Gasteiger partial charge in [0.15, 0.2) is 6.04 Å². The summed E-state index contributed by atoms with van der Waals surface area (Å²) in [6.07, 6.45) is 0. The molecule has 0 N–H and O–H groups in total. The Balaban J connectivity index is 1.92. The van der Waals surface area contributed by atoms with Gasteiger partial charge in [-0.3, -0.25) is 14.7 Å². The van der Waals surface area contributed by atoms with E-state index in [1.54, 1.807) is 12.1 Å². The molecule has 0 fully saturated rings. The number of hydrazone groups is 1. The van der Waals surface area contributed by atoms with E-state index >= 15 is 0 Å². The Labute approximate surface area is 140 Å². The van der Waals surface area contributed by atoms with Crippen molar-refractivity contribution < 1.29 is 9.53 Å². The second-order valence-electron chi connectivity index (χ2n) is 5.36. The van der Waals surface area contributed by atoms with Crippen LogP contribution in [0.3, 0.4) is 0 Å². The van der Waals surface area contributed by atoms with Crippen LogP contribution in [0.4, 0.5) is 0 Å². The molecule has 0 aliphatic carbocycles. The van der Waals surface area contributed by atoms with Gasteiger partial charge in [0.25, 0.3) is 5.91 Å². The Morgan fingerprint density at radius 1 is 1.35 bits per heavy atom. The topological polar surface area (TPSA) is 57.5 Å². The maximum Gasteiger partial charge on any atom is 0.259 e. The van der Waals surface area contributed by atoms with Gasteiger partial charge in [0.2, 0.25) is 5.11 Å². The van der Waals surface area contributed by atoms with Gasteiger partial charge in [0, 0.05) is 12.1 Å². The number of ether oxygens (including phenoxy) is 1. The second-order valence-corrected chi connectivity index (χ2v) is 5.72. The third kappa shape index (κ3) is 2.61. The van der Waals surface area contributed by atoms with Crippen molar-refractivity contribution in [2.75, 3.05) is 13.7 Å². The summed E-state index contributed by atoms with van der Waals surface area (Å²) in [5.41, 5.74) is 2.31. The summed E-state index contributed by atoms with van der Waals surface area (Å²) in [5.74, 6) is 0.637. The number of hydrogen-bond acceptors (Lipinski definition) is 5. The highest BCUT2D eigenvalue weighted by molar-refractivity contribution is 7.80. The monoisotopic (exact) mass is 330 g/mol. The predicted octanol–water partition coefficient (Wildman–Crippen LogP) is 1.84. The molecule has 1 aromatic rings. The molecule has 0 saturated heterocycles. The molecular weight excluding hydrogens is 312 g/mol. The smallest absolute Gasteiger partial charge is 0.259 e. The van der Waals surface area contributed by atoms with Crippen LogP contribution >= 0.6 is 12.2 Å². The molecule has 0 bridgehead atoms. The first kappa shape index (κ1) is 15.6. The first-order chi connectivity index (χ1) is 11.1. The van der Waals surface area contributed by atoms with Gasteiger partial charge in [-0.05, 0) is 32.1 Å². The average Bonchev–Trinajstić information content (AvgIpc) is 2.88. The molecule has 1 aromatic carbocycles. The number of rotatable bonds is 4. The fraction of sp³-hybridized carbons (Fsp3) is 0.375. The molecule has 3 rings (SSSR count). The van der Waals surface area contributed by atoms with Crippen molar-refractivity contribution in [1.82, 2.24) is 9.91 Å². The SMILES string of the molecule is CCN1N=C(C)C2=NC(=S)N(Cc3ccccc3OC)C(=O)C21. The number of carbonyl (C=O) groups is 1. The maximum absolute atomic E-state index is 12.9. The van der Waals surface area contributed by atoms with Crippen LogP contribution < -0.4 is 4.74 Å². The number of amides is 1. The van der Waals surface area contributed by atoms with Crippen molar-refractivity contribution in [1.29, 1.82) is 0 Å². The van der Waals surface area contributed by atoms with Crippen LogP contribution in [0.5, 0.6) is 5.75 Å². The van der Waals surface area contributed by atoms with Gasteiger partial charge < -0.3 is 4.74 Å². The van der Waals surface area contributed by atoms with Crippen LogP contribution in [-0.4, -0.2) is 52.0 Å². The summed E-state index contributed by atoms with van der Waals surface area (Å²) in [4.78, 5) is 18.9. The van der Waals surface area contributed by atoms with E-state index in [1.807, 2.05) is 38.1 Å². The van der Waals surface area contributed by atoms with Gasteiger partial charge in [0.05, 0.1) is 19.4 Å². The Bertz CT molecular complexity index is 729. The van der Waals surface area contributed by atoms with E-state index in [9.17, 15) is 4.79 Å². The maximum atomic E-state index is 12.9. The van der Waals surface area contributed by atoms with E-state index in [0.29, 0.717) is 18.8 Å². The molecule has 0 radical (unpaired) electrons. The van der Waals surface area contributed by atoms with Crippen molar-refractivity contribution in [2.45, 2.75) is 26.4 Å². The summed E-state index contributed by atoms with van der Waals surface area (Å²) in [7, 11) is 1.61. The molecule has 2 aliphatic heterocycles. The summed E-state index contributed by atoms with van der Waals surface area (Å²) >= 11 is 5.34. The first-order valence-electron chi connectivity index (χ1n) is 7.44. The minimum atomic E-state index is -0.471. The summed E-state index contributed by atoms with van der Waals surface area (Å²) in [5, 5.41) is 6.43. The predicted molar refractivity (Wildman–Crippen MR) is 92.9 cm³/mol. The van der Waals surface area contributed by atoms with Crippen LogP contribution in [0.15, 0.2) is 34.4 Å². The van der Waals surface area contributed by atoms with E-state index in [0.717, 1.165) is 17.0 Å². The van der Waals surface area contributed by atoms with Gasteiger partial charge in [-0.2, -0.15) is 5.10 Å². The summed E-state index contributed by atoms with van der Waals surface area (Å²) < 4.78 is 5.35. The molecule has 7 heteroatoms. The number of thiocarbonyl (C=S) groups is 1. The molecule has 6 nitrogen and oxygen atoms in total. The largest absolute Gasteiger partial charge is 0.496 e. The fourth-order valence-electron chi connectivity index (χ4n) is 2.84. The Morgan fingerprint density at radius 3 is 2.78 bits per heavy atom. The number of para-hydroxylation sites is 1. The first-order valence-corrected chi connectivity index (χ1v) is 7.85. The number of fused-ring (bicyclic) bond motifs is 1. The van der Waals surface area contributed by atoms with E-state index in [2.05, 4.69) is 10.1 Å². The third-order valence-corrected chi connectivity index (χ3v) is 4.31. The summed E-state index contributed by atoms with van der Waals surface area (Å²) in [6, 6.07) is 7.11. The highest BCUT2D eigenvalue weighted by Crippen LogP contribution is 2.25. The normalized spacial score (nSPS) is 20.4. The summed E-state index contributed by atoms with van der Waals surface area (Å²) in [6.45, 7) is 4.80. The average molecular weight is 330 g/mol. The van der Waals surface area contributed by atoms with Crippen molar-refractivity contribution in [3.05, 3.63) is 29.8 Å². The van der Waals surface area contributed by atoms with Gasteiger partial charge in [-0.15, -0.1) is 0 Å². The molecule has 0 spiro atoms. The van der Waals surface area contributed by atoms with Crippen molar-refractivity contribution in [3.63, 3.8) is 0 Å². The zero-order valence-corrected chi connectivity index (χ0v) is 14.1. The van der Waals surface area contributed by atoms with Crippen LogP contribution in [-0.2, 0) is 11.3 Å². The fourth-order valence-corrected chi connectivity index (χ4v) is 3.09. The van der Waals surface area contributed by atoms with Crippen molar-refractivity contribution >= 4 is 34.7 Å². The van der Waals surface area contributed by atoms with Gasteiger partial charge in [-0.1, -0.05) is 18.2 Å². The Kier molecular flexibility index (Phi) is 4.12. The number of carbonyl (C=O) groups excluding carboxylic acids is 1. The highest BCUT2D eigenvalue weighted by atomic mass is 32.1. The molecule has 23 heavy (non-hydrogen) atoms. The number of nitrogens with zero attached hydrogens (tertiary/aromatic N) is 4. The van der Waals surface area contributed by atoms with Gasteiger partial charge in [0.1, 0.15) is 11.5 Å². The highest BCUT2D eigenvalue weighted by Gasteiger charge is 2.43. The second kappa shape index (κ2) is 6.08. The lowest BCUT2D eigenvalue weighted by molar-refractivity contribution is -0.131. The molecule has 1 unspecified atom stereocenters. The van der Waals surface area contributed by atoms with Crippen LogP contribution in [0.1, 0.15) is 19.4 Å². The van der Waals surface area contributed by atoms with Crippen molar-refractivity contribution in [2.24, 2.45) is 10.1 Å². The van der Waals surface area contributed by atoms with Crippen LogP contribution in [0.25, 0.3) is 0 Å². The Hall–Kier alpha value is -2.28. The minimum Gasteiger partial charge on any atom is -0.496 e. The number of benzene rings is 1. The number of aliphatic imine (C=N–C) groups is 1. The molecule has 120 valence electrons.